The van der Waals surface area contributed by atoms with Gasteiger partial charge in [-0.25, -0.2) is 0 Å². The van der Waals surface area contributed by atoms with Crippen LogP contribution < -0.4 is 0 Å². The lowest BCUT2D eigenvalue weighted by Gasteiger charge is -1.92. The Morgan fingerprint density at radius 2 is 1.53 bits per heavy atom. The van der Waals surface area contributed by atoms with Gasteiger partial charge in [-0.3, -0.25) is 0 Å². The van der Waals surface area contributed by atoms with Crippen molar-refractivity contribution in [3.63, 3.8) is 0 Å². The van der Waals surface area contributed by atoms with Crippen LogP contribution in [0.5, 0.6) is 0 Å². The monoisotopic (exact) mass is 228 g/mol. The fourth-order valence-electron chi connectivity index (χ4n) is 1.35. The van der Waals surface area contributed by atoms with Crippen LogP contribution in [0.4, 0.5) is 0 Å². The summed E-state index contributed by atoms with van der Waals surface area (Å²) in [4.78, 5) is 0. The lowest BCUT2D eigenvalue weighted by Crippen LogP contribution is -1.71. The molecule has 0 aliphatic heterocycles. The van der Waals surface area contributed by atoms with E-state index < -0.39 is 0 Å². The minimum absolute atomic E-state index is 1.07. The van der Waals surface area contributed by atoms with E-state index in [2.05, 4.69) is 54.6 Å². The molecule has 0 saturated heterocycles. The zero-order valence-corrected chi connectivity index (χ0v) is 11.5. The van der Waals surface area contributed by atoms with Crippen LogP contribution in [-0.2, 0) is 0 Å². The molecule has 0 radical (unpaired) electrons. The zero-order chi connectivity index (χ0) is 12.9. The van der Waals surface area contributed by atoms with Crippen molar-refractivity contribution in [2.75, 3.05) is 0 Å². The predicted octanol–water partition coefficient (Wildman–Crippen LogP) is 5.64. The third-order valence-electron chi connectivity index (χ3n) is 2.09. The number of hydrogen-bond acceptors (Lipinski definition) is 0. The molecule has 0 heterocycles. The van der Waals surface area contributed by atoms with E-state index in [1.807, 2.05) is 33.8 Å². The maximum Gasteiger partial charge on any atom is -0.00943 e. The van der Waals surface area contributed by atoms with Crippen LogP contribution in [0.25, 0.3) is 6.08 Å². The molecule has 0 saturated carbocycles. The molecule has 0 nitrogen and oxygen atoms in total. The van der Waals surface area contributed by atoms with Gasteiger partial charge in [-0.2, -0.15) is 0 Å². The van der Waals surface area contributed by atoms with Crippen LogP contribution in [0.1, 0.15) is 39.7 Å². The van der Waals surface area contributed by atoms with Crippen molar-refractivity contribution >= 4 is 6.08 Å². The minimum Gasteiger partial charge on any atom is -0.0801 e. The van der Waals surface area contributed by atoms with E-state index in [0.717, 1.165) is 6.42 Å². The van der Waals surface area contributed by atoms with Crippen LogP contribution in [0.2, 0.25) is 0 Å². The van der Waals surface area contributed by atoms with Gasteiger partial charge >= 0.3 is 0 Å². The third-order valence-corrected chi connectivity index (χ3v) is 2.09. The summed E-state index contributed by atoms with van der Waals surface area (Å²) in [5.41, 5.74) is 2.64. The Morgan fingerprint density at radius 1 is 0.882 bits per heavy atom. The van der Waals surface area contributed by atoms with Crippen molar-refractivity contribution in [2.45, 2.75) is 34.1 Å². The number of hydrogen-bond donors (Lipinski definition) is 0. The summed E-state index contributed by atoms with van der Waals surface area (Å²) < 4.78 is 0. The first kappa shape index (κ1) is 15.4. The van der Waals surface area contributed by atoms with Crippen molar-refractivity contribution in [1.82, 2.24) is 0 Å². The summed E-state index contributed by atoms with van der Waals surface area (Å²) in [7, 11) is 0. The Bertz CT molecular complexity index is 353. The largest absolute Gasteiger partial charge is 0.0801 e. The van der Waals surface area contributed by atoms with E-state index in [1.165, 1.54) is 11.1 Å². The number of rotatable bonds is 2. The van der Waals surface area contributed by atoms with Gasteiger partial charge in [-0.05, 0) is 17.6 Å². The molecular formula is C17H24. The lowest BCUT2D eigenvalue weighted by molar-refractivity contribution is 1.34. The molecular weight excluding hydrogens is 204 g/mol. The summed E-state index contributed by atoms with van der Waals surface area (Å²) in [6.45, 7) is 8.00. The minimum atomic E-state index is 1.07. The average Bonchev–Trinajstić information content (AvgIpc) is 2.95. The van der Waals surface area contributed by atoms with Gasteiger partial charge in [-0.1, -0.05) is 88.4 Å². The first-order valence-corrected chi connectivity index (χ1v) is 6.54. The van der Waals surface area contributed by atoms with Crippen LogP contribution >= 0.6 is 0 Å². The van der Waals surface area contributed by atoms with E-state index in [-0.39, 0.29) is 0 Å². The van der Waals surface area contributed by atoms with Crippen LogP contribution in [0.15, 0.2) is 60.2 Å². The Hall–Kier alpha value is -1.56. The van der Waals surface area contributed by atoms with Gasteiger partial charge in [0.15, 0.2) is 0 Å². The Morgan fingerprint density at radius 3 is 2.06 bits per heavy atom. The molecule has 0 N–H and O–H groups in total. The van der Waals surface area contributed by atoms with Crippen molar-refractivity contribution in [1.29, 1.82) is 0 Å². The fraction of sp³-hybridized carbons (Fsp3) is 0.294. The second kappa shape index (κ2) is 10.9. The molecule has 17 heavy (non-hydrogen) atoms. The number of allylic oxidation sites excluding steroid dienone is 5. The quantitative estimate of drug-likeness (QED) is 0.614. The van der Waals surface area contributed by atoms with Gasteiger partial charge in [-0.15, -0.1) is 0 Å². The highest BCUT2D eigenvalue weighted by Crippen LogP contribution is 2.13. The molecule has 0 unspecified atom stereocenters. The van der Waals surface area contributed by atoms with E-state index >= 15 is 0 Å². The molecule has 1 aromatic carbocycles. The highest BCUT2D eigenvalue weighted by Gasteiger charge is 1.92. The fourth-order valence-corrected chi connectivity index (χ4v) is 1.35. The molecule has 0 spiro atoms. The molecule has 1 aliphatic carbocycles. The predicted molar refractivity (Wildman–Crippen MR) is 80.0 cm³/mol. The van der Waals surface area contributed by atoms with Gasteiger partial charge in [0, 0.05) is 0 Å². The third kappa shape index (κ3) is 6.57. The summed E-state index contributed by atoms with van der Waals surface area (Å²) >= 11 is 0. The molecule has 0 amide bonds. The van der Waals surface area contributed by atoms with Gasteiger partial charge < -0.3 is 0 Å². The normalized spacial score (nSPS) is 12.4. The van der Waals surface area contributed by atoms with E-state index in [9.17, 15) is 0 Å². The summed E-state index contributed by atoms with van der Waals surface area (Å²) in [5, 5.41) is 0. The molecule has 0 bridgehead atoms. The van der Waals surface area contributed by atoms with Crippen molar-refractivity contribution in [3.8, 4) is 0 Å². The average molecular weight is 228 g/mol. The molecule has 0 heteroatoms. The van der Waals surface area contributed by atoms with Crippen molar-refractivity contribution < 1.29 is 0 Å². The number of benzene rings is 1. The summed E-state index contributed by atoms with van der Waals surface area (Å²) in [6.07, 6.45) is 11.8. The van der Waals surface area contributed by atoms with Crippen LogP contribution in [0.3, 0.4) is 0 Å². The second-order valence-corrected chi connectivity index (χ2v) is 3.12. The SMILES string of the molecule is C1=CCC(/C=C\c2ccccc2)=C1.CC.CC. The molecule has 1 aliphatic rings. The maximum atomic E-state index is 2.18. The van der Waals surface area contributed by atoms with E-state index in [0.29, 0.717) is 0 Å². The first-order valence-electron chi connectivity index (χ1n) is 6.54. The Kier molecular flexibility index (Phi) is 9.94. The smallest absolute Gasteiger partial charge is 0.00943 e. The summed E-state index contributed by atoms with van der Waals surface area (Å²) in [6, 6.07) is 10.4. The van der Waals surface area contributed by atoms with Crippen molar-refractivity contribution in [2.24, 2.45) is 0 Å². The molecule has 1 aromatic rings. The topological polar surface area (TPSA) is 0 Å². The highest BCUT2D eigenvalue weighted by molar-refractivity contribution is 5.53. The summed E-state index contributed by atoms with van der Waals surface area (Å²) in [5.74, 6) is 0. The standard InChI is InChI=1S/C13H12.2C2H6/c1-2-6-12(7-3-1)10-11-13-8-4-5-9-13;2*1-2/h1-8,10-11H,9H2;2*1-2H3/b11-10-;;. The van der Waals surface area contributed by atoms with Gasteiger partial charge in [0.05, 0.1) is 0 Å². The van der Waals surface area contributed by atoms with Gasteiger partial charge in [0.2, 0.25) is 0 Å². The van der Waals surface area contributed by atoms with E-state index in [4.69, 9.17) is 0 Å². The second-order valence-electron chi connectivity index (χ2n) is 3.12. The highest BCUT2D eigenvalue weighted by atomic mass is 14.0. The molecule has 0 fully saturated rings. The van der Waals surface area contributed by atoms with Crippen molar-refractivity contribution in [3.05, 3.63) is 65.8 Å². The Balaban J connectivity index is 0.000000581. The zero-order valence-electron chi connectivity index (χ0n) is 11.5. The first-order chi connectivity index (χ1) is 8.45. The van der Waals surface area contributed by atoms with Gasteiger partial charge in [0.25, 0.3) is 0 Å². The van der Waals surface area contributed by atoms with Crippen LogP contribution in [0, 0.1) is 0 Å². The molecule has 0 atom stereocenters. The van der Waals surface area contributed by atoms with Crippen LogP contribution in [-0.4, -0.2) is 0 Å². The molecule has 0 aromatic heterocycles. The van der Waals surface area contributed by atoms with E-state index in [1.54, 1.807) is 0 Å². The Labute approximate surface area is 106 Å². The molecule has 2 rings (SSSR count). The lowest BCUT2D eigenvalue weighted by atomic mass is 10.1. The molecule has 92 valence electrons. The van der Waals surface area contributed by atoms with Gasteiger partial charge in [0.1, 0.15) is 0 Å². The maximum absolute atomic E-state index is 2.18.